The van der Waals surface area contributed by atoms with Crippen LogP contribution in [0.5, 0.6) is 0 Å². The van der Waals surface area contributed by atoms with Gasteiger partial charge in [0, 0.05) is 18.7 Å². The maximum absolute atomic E-state index is 11.9. The molecule has 118 valence electrons. The number of benzene rings is 1. The number of carbonyl (C=O) groups is 1. The summed E-state index contributed by atoms with van der Waals surface area (Å²) in [5.41, 5.74) is 1.28. The summed E-state index contributed by atoms with van der Waals surface area (Å²) < 4.78 is 0. The number of hydrogen-bond acceptors (Lipinski definition) is 2. The van der Waals surface area contributed by atoms with Crippen LogP contribution >= 0.6 is 0 Å². The molecule has 21 heavy (non-hydrogen) atoms. The zero-order valence-electron chi connectivity index (χ0n) is 13.5. The molecular formula is C17H28N2O2. The topological polar surface area (TPSA) is 61.4 Å². The Balaban J connectivity index is 2.49. The average Bonchev–Trinajstić information content (AvgIpc) is 2.38. The molecule has 2 atom stereocenters. The third-order valence-electron chi connectivity index (χ3n) is 3.69. The number of rotatable bonds is 7. The largest absolute Gasteiger partial charge is 0.396 e. The molecule has 3 N–H and O–H groups in total. The molecule has 0 aliphatic carbocycles. The number of hydrogen-bond donors (Lipinski definition) is 3. The highest BCUT2D eigenvalue weighted by Crippen LogP contribution is 2.27. The van der Waals surface area contributed by atoms with Crippen molar-refractivity contribution in [3.8, 4) is 0 Å². The van der Waals surface area contributed by atoms with Crippen molar-refractivity contribution >= 4 is 6.03 Å². The van der Waals surface area contributed by atoms with E-state index in [4.69, 9.17) is 5.11 Å². The summed E-state index contributed by atoms with van der Waals surface area (Å²) in [5.74, 6) is 0. The van der Waals surface area contributed by atoms with Crippen molar-refractivity contribution in [3.05, 3.63) is 35.9 Å². The zero-order chi connectivity index (χ0) is 15.9. The van der Waals surface area contributed by atoms with Crippen LogP contribution in [0.4, 0.5) is 4.79 Å². The minimum atomic E-state index is -0.174. The fourth-order valence-corrected chi connectivity index (χ4v) is 2.58. The monoisotopic (exact) mass is 292 g/mol. The van der Waals surface area contributed by atoms with E-state index in [2.05, 4.69) is 36.6 Å². The molecule has 0 fully saturated rings. The summed E-state index contributed by atoms with van der Waals surface area (Å²) in [4.78, 5) is 11.9. The Kier molecular flexibility index (Phi) is 6.69. The van der Waals surface area contributed by atoms with Crippen molar-refractivity contribution in [2.75, 3.05) is 6.61 Å². The van der Waals surface area contributed by atoms with Crippen LogP contribution in [0.25, 0.3) is 0 Å². The molecule has 0 aliphatic rings. The normalized spacial score (nSPS) is 14.3. The van der Waals surface area contributed by atoms with Crippen LogP contribution in [0.2, 0.25) is 0 Å². The second-order valence-corrected chi connectivity index (χ2v) is 6.39. The van der Waals surface area contributed by atoms with E-state index in [0.29, 0.717) is 6.42 Å². The van der Waals surface area contributed by atoms with E-state index in [0.717, 1.165) is 6.42 Å². The molecular weight excluding hydrogens is 264 g/mol. The molecule has 0 aliphatic heterocycles. The average molecular weight is 292 g/mol. The van der Waals surface area contributed by atoms with Crippen molar-refractivity contribution in [2.24, 2.45) is 0 Å². The number of amides is 2. The molecule has 1 aromatic rings. The zero-order valence-corrected chi connectivity index (χ0v) is 13.5. The summed E-state index contributed by atoms with van der Waals surface area (Å²) in [6.45, 7) is 8.35. The van der Waals surface area contributed by atoms with Gasteiger partial charge in [0.25, 0.3) is 0 Å². The number of aliphatic hydroxyl groups excluding tert-OH is 1. The first kappa shape index (κ1) is 17.5. The number of nitrogens with one attached hydrogen (secondary N) is 2. The van der Waals surface area contributed by atoms with Crippen LogP contribution in [0, 0.1) is 0 Å². The lowest BCUT2D eigenvalue weighted by atomic mass is 9.79. The molecule has 2 amide bonds. The van der Waals surface area contributed by atoms with E-state index in [9.17, 15) is 4.79 Å². The van der Waals surface area contributed by atoms with E-state index in [1.807, 2.05) is 32.0 Å². The van der Waals surface area contributed by atoms with Crippen molar-refractivity contribution in [3.63, 3.8) is 0 Å². The Morgan fingerprint density at radius 1 is 1.14 bits per heavy atom. The van der Waals surface area contributed by atoms with Crippen LogP contribution in [-0.2, 0) is 5.41 Å². The minimum Gasteiger partial charge on any atom is -0.396 e. The van der Waals surface area contributed by atoms with E-state index in [1.165, 1.54) is 5.56 Å². The molecule has 0 bridgehead atoms. The summed E-state index contributed by atoms with van der Waals surface area (Å²) in [6, 6.07) is 10.2. The summed E-state index contributed by atoms with van der Waals surface area (Å²) >= 11 is 0. The molecule has 4 nitrogen and oxygen atoms in total. The third-order valence-corrected chi connectivity index (χ3v) is 3.69. The first-order chi connectivity index (χ1) is 9.85. The summed E-state index contributed by atoms with van der Waals surface area (Å²) in [7, 11) is 0. The second kappa shape index (κ2) is 8.03. The molecule has 1 rings (SSSR count). The minimum absolute atomic E-state index is 0.00463. The molecule has 0 heterocycles. The quantitative estimate of drug-likeness (QED) is 0.723. The van der Waals surface area contributed by atoms with Gasteiger partial charge < -0.3 is 15.7 Å². The molecule has 1 unspecified atom stereocenters. The van der Waals surface area contributed by atoms with Gasteiger partial charge in [0.1, 0.15) is 0 Å². The van der Waals surface area contributed by atoms with Crippen molar-refractivity contribution in [2.45, 2.75) is 58.0 Å². The van der Waals surface area contributed by atoms with Crippen molar-refractivity contribution in [1.29, 1.82) is 0 Å². The number of urea groups is 1. The van der Waals surface area contributed by atoms with E-state index in [-0.39, 0.29) is 30.1 Å². The second-order valence-electron chi connectivity index (χ2n) is 6.39. The maximum atomic E-state index is 11.9. The lowest BCUT2D eigenvalue weighted by Gasteiger charge is -2.29. The Labute approximate surface area is 128 Å². The molecule has 0 saturated heterocycles. The van der Waals surface area contributed by atoms with Crippen molar-refractivity contribution in [1.82, 2.24) is 10.6 Å². The molecule has 0 saturated carbocycles. The van der Waals surface area contributed by atoms with E-state index in [1.54, 1.807) is 0 Å². The van der Waals surface area contributed by atoms with Gasteiger partial charge in [0.15, 0.2) is 0 Å². The van der Waals surface area contributed by atoms with Crippen molar-refractivity contribution < 1.29 is 9.90 Å². The standard InChI is InChI=1S/C17H28N2O2/c1-13(10-11-20)18-16(21)19-14(2)12-17(3,4)15-8-6-5-7-9-15/h5-9,13-14,20H,10-12H2,1-4H3,(H2,18,19,21)/t13-,14?/m1/s1. The van der Waals surface area contributed by atoms with E-state index >= 15 is 0 Å². The van der Waals surface area contributed by atoms with Gasteiger partial charge in [-0.3, -0.25) is 0 Å². The van der Waals surface area contributed by atoms with Gasteiger partial charge in [0.05, 0.1) is 0 Å². The summed E-state index contributed by atoms with van der Waals surface area (Å²) in [5, 5.41) is 14.6. The van der Waals surface area contributed by atoms with Crippen LogP contribution in [0.1, 0.15) is 46.1 Å². The van der Waals surface area contributed by atoms with Gasteiger partial charge in [-0.05, 0) is 37.7 Å². The van der Waals surface area contributed by atoms with Crippen LogP contribution < -0.4 is 10.6 Å². The highest BCUT2D eigenvalue weighted by atomic mass is 16.3. The highest BCUT2D eigenvalue weighted by Gasteiger charge is 2.24. The number of aliphatic hydroxyl groups is 1. The molecule has 4 heteroatoms. The fraction of sp³-hybridized carbons (Fsp3) is 0.588. The van der Waals surface area contributed by atoms with Gasteiger partial charge in [-0.25, -0.2) is 4.79 Å². The number of carbonyl (C=O) groups excluding carboxylic acids is 1. The summed E-state index contributed by atoms with van der Waals surface area (Å²) in [6.07, 6.45) is 1.43. The SMILES string of the molecule is CC(CC(C)(C)c1ccccc1)NC(=O)N[C@H](C)CCO. The molecule has 0 spiro atoms. The van der Waals surface area contributed by atoms with Gasteiger partial charge in [-0.2, -0.15) is 0 Å². The van der Waals surface area contributed by atoms with Gasteiger partial charge in [-0.15, -0.1) is 0 Å². The van der Waals surface area contributed by atoms with Crippen LogP contribution in [0.3, 0.4) is 0 Å². The smallest absolute Gasteiger partial charge is 0.315 e. The van der Waals surface area contributed by atoms with Gasteiger partial charge in [-0.1, -0.05) is 44.2 Å². The Morgan fingerprint density at radius 3 is 2.29 bits per heavy atom. The Bertz CT molecular complexity index is 432. The first-order valence-corrected chi connectivity index (χ1v) is 7.58. The Morgan fingerprint density at radius 2 is 1.71 bits per heavy atom. The first-order valence-electron chi connectivity index (χ1n) is 7.58. The van der Waals surface area contributed by atoms with Crippen LogP contribution in [0.15, 0.2) is 30.3 Å². The van der Waals surface area contributed by atoms with E-state index < -0.39 is 0 Å². The predicted molar refractivity (Wildman–Crippen MR) is 86.4 cm³/mol. The molecule has 1 aromatic carbocycles. The molecule has 0 radical (unpaired) electrons. The third kappa shape index (κ3) is 6.17. The highest BCUT2D eigenvalue weighted by molar-refractivity contribution is 5.74. The van der Waals surface area contributed by atoms with Gasteiger partial charge >= 0.3 is 6.03 Å². The lowest BCUT2D eigenvalue weighted by Crippen LogP contribution is -2.46. The fourth-order valence-electron chi connectivity index (χ4n) is 2.58. The molecule has 0 aromatic heterocycles. The predicted octanol–water partition coefficient (Wildman–Crippen LogP) is 2.81. The van der Waals surface area contributed by atoms with Gasteiger partial charge in [0.2, 0.25) is 0 Å². The lowest BCUT2D eigenvalue weighted by molar-refractivity contribution is 0.226. The Hall–Kier alpha value is -1.55. The maximum Gasteiger partial charge on any atom is 0.315 e. The van der Waals surface area contributed by atoms with Crippen LogP contribution in [-0.4, -0.2) is 29.8 Å².